The van der Waals surface area contributed by atoms with E-state index in [2.05, 4.69) is 77.9 Å². The minimum absolute atomic E-state index is 0.0567. The van der Waals surface area contributed by atoms with Crippen molar-refractivity contribution in [1.29, 1.82) is 0 Å². The van der Waals surface area contributed by atoms with Crippen LogP contribution in [0.3, 0.4) is 0 Å². The maximum atomic E-state index is 4.70. The van der Waals surface area contributed by atoms with Crippen LogP contribution >= 0.6 is 15.9 Å². The van der Waals surface area contributed by atoms with Gasteiger partial charge in [0.25, 0.3) is 0 Å². The van der Waals surface area contributed by atoms with Gasteiger partial charge >= 0.3 is 0 Å². The summed E-state index contributed by atoms with van der Waals surface area (Å²) in [5.74, 6) is 1.82. The van der Waals surface area contributed by atoms with E-state index >= 15 is 0 Å². The van der Waals surface area contributed by atoms with Crippen molar-refractivity contribution in [2.24, 2.45) is 0 Å². The lowest BCUT2D eigenvalue weighted by atomic mass is 9.96. The lowest BCUT2D eigenvalue weighted by Gasteiger charge is -2.22. The Labute approximate surface area is 135 Å². The number of nitrogens with zero attached hydrogens (tertiary/aromatic N) is 3. The van der Waals surface area contributed by atoms with Crippen LogP contribution in [0, 0.1) is 0 Å². The van der Waals surface area contributed by atoms with Crippen LogP contribution in [-0.4, -0.2) is 23.6 Å². The minimum atomic E-state index is -0.0567. The molecule has 0 aliphatic heterocycles. The standard InChI is InChI=1S/C17H22BrN3/c1-17(2,3)16-19-14(18)12-15(20-16)21(4)11-10-13-8-6-5-7-9-13/h5-9,12H,10-11H2,1-4H3. The Hall–Kier alpha value is -1.42. The lowest BCUT2D eigenvalue weighted by Crippen LogP contribution is -2.24. The fourth-order valence-corrected chi connectivity index (χ4v) is 2.37. The highest BCUT2D eigenvalue weighted by atomic mass is 79.9. The number of hydrogen-bond acceptors (Lipinski definition) is 3. The van der Waals surface area contributed by atoms with E-state index < -0.39 is 0 Å². The summed E-state index contributed by atoms with van der Waals surface area (Å²) in [6, 6.07) is 12.5. The molecule has 0 N–H and O–H groups in total. The van der Waals surface area contributed by atoms with Crippen LogP contribution in [0.15, 0.2) is 41.0 Å². The second-order valence-electron chi connectivity index (χ2n) is 6.28. The number of anilines is 1. The largest absolute Gasteiger partial charge is 0.359 e. The number of benzene rings is 1. The zero-order valence-corrected chi connectivity index (χ0v) is 14.7. The van der Waals surface area contributed by atoms with Crippen LogP contribution in [-0.2, 0) is 11.8 Å². The molecule has 0 aliphatic rings. The molecule has 0 bridgehead atoms. The fourth-order valence-electron chi connectivity index (χ4n) is 1.99. The van der Waals surface area contributed by atoms with Crippen LogP contribution in [0.25, 0.3) is 0 Å². The van der Waals surface area contributed by atoms with Crippen LogP contribution in [0.5, 0.6) is 0 Å². The smallest absolute Gasteiger partial charge is 0.137 e. The van der Waals surface area contributed by atoms with E-state index in [0.717, 1.165) is 29.2 Å². The second kappa shape index (κ2) is 6.56. The number of aromatic nitrogens is 2. The third-order valence-corrected chi connectivity index (χ3v) is 3.73. The number of halogens is 1. The zero-order valence-electron chi connectivity index (χ0n) is 13.1. The van der Waals surface area contributed by atoms with Gasteiger partial charge in [-0.05, 0) is 27.9 Å². The van der Waals surface area contributed by atoms with E-state index in [0.29, 0.717) is 0 Å². The SMILES string of the molecule is CN(CCc1ccccc1)c1cc(Br)nc(C(C)(C)C)n1. The quantitative estimate of drug-likeness (QED) is 0.775. The van der Waals surface area contributed by atoms with Crippen LogP contribution in [0.1, 0.15) is 32.2 Å². The molecule has 0 unspecified atom stereocenters. The Kier molecular flexibility index (Phi) is 4.99. The molecule has 112 valence electrons. The van der Waals surface area contributed by atoms with Gasteiger partial charge in [0.2, 0.25) is 0 Å². The molecular weight excluding hydrogens is 326 g/mol. The third kappa shape index (κ3) is 4.53. The molecule has 0 radical (unpaired) electrons. The van der Waals surface area contributed by atoms with E-state index in [4.69, 9.17) is 4.98 Å². The van der Waals surface area contributed by atoms with E-state index in [-0.39, 0.29) is 5.41 Å². The van der Waals surface area contributed by atoms with Crippen molar-refractivity contribution >= 4 is 21.7 Å². The molecule has 3 nitrogen and oxygen atoms in total. The van der Waals surface area contributed by atoms with Crippen LogP contribution in [0.4, 0.5) is 5.82 Å². The molecule has 1 aromatic heterocycles. The van der Waals surface area contributed by atoms with Crippen molar-refractivity contribution in [3.8, 4) is 0 Å². The van der Waals surface area contributed by atoms with E-state index in [1.807, 2.05) is 12.1 Å². The summed E-state index contributed by atoms with van der Waals surface area (Å²) in [4.78, 5) is 11.4. The van der Waals surface area contributed by atoms with Gasteiger partial charge < -0.3 is 4.90 Å². The summed E-state index contributed by atoms with van der Waals surface area (Å²) in [6.07, 6.45) is 1.00. The first kappa shape index (κ1) is 16.0. The first-order valence-electron chi connectivity index (χ1n) is 7.16. The Morgan fingerprint density at radius 1 is 1.10 bits per heavy atom. The molecule has 0 saturated carbocycles. The molecule has 0 saturated heterocycles. The maximum absolute atomic E-state index is 4.70. The van der Waals surface area contributed by atoms with Gasteiger partial charge in [-0.1, -0.05) is 51.1 Å². The molecule has 1 aromatic carbocycles. The Balaban J connectivity index is 2.12. The molecule has 1 heterocycles. The van der Waals surface area contributed by atoms with Crippen molar-refractivity contribution in [3.05, 3.63) is 52.4 Å². The average molecular weight is 348 g/mol. The van der Waals surface area contributed by atoms with E-state index in [9.17, 15) is 0 Å². The monoisotopic (exact) mass is 347 g/mol. The summed E-state index contributed by atoms with van der Waals surface area (Å²) >= 11 is 3.49. The van der Waals surface area contributed by atoms with Gasteiger partial charge in [0.15, 0.2) is 0 Å². The van der Waals surface area contributed by atoms with Crippen LogP contribution < -0.4 is 4.90 Å². The van der Waals surface area contributed by atoms with Crippen molar-refractivity contribution in [2.45, 2.75) is 32.6 Å². The number of rotatable bonds is 4. The highest BCUT2D eigenvalue weighted by Crippen LogP contribution is 2.23. The zero-order chi connectivity index (χ0) is 15.5. The molecule has 21 heavy (non-hydrogen) atoms. The topological polar surface area (TPSA) is 29.0 Å². The molecule has 0 atom stereocenters. The first-order chi connectivity index (χ1) is 9.86. The molecule has 2 rings (SSSR count). The Morgan fingerprint density at radius 2 is 1.76 bits per heavy atom. The number of likely N-dealkylation sites (N-methyl/N-ethyl adjacent to an activating group) is 1. The molecular formula is C17H22BrN3. The summed E-state index contributed by atoms with van der Waals surface area (Å²) < 4.78 is 0.837. The lowest BCUT2D eigenvalue weighted by molar-refractivity contribution is 0.542. The average Bonchev–Trinajstić information content (AvgIpc) is 2.44. The van der Waals surface area contributed by atoms with Gasteiger partial charge in [-0.25, -0.2) is 9.97 Å². The van der Waals surface area contributed by atoms with Gasteiger partial charge in [0.05, 0.1) is 0 Å². The van der Waals surface area contributed by atoms with Crippen molar-refractivity contribution in [1.82, 2.24) is 9.97 Å². The van der Waals surface area contributed by atoms with E-state index in [1.165, 1.54) is 5.56 Å². The first-order valence-corrected chi connectivity index (χ1v) is 7.96. The molecule has 0 spiro atoms. The molecule has 0 aliphatic carbocycles. The summed E-state index contributed by atoms with van der Waals surface area (Å²) in [5.41, 5.74) is 1.28. The van der Waals surface area contributed by atoms with Crippen LogP contribution in [0.2, 0.25) is 0 Å². The molecule has 2 aromatic rings. The highest BCUT2D eigenvalue weighted by molar-refractivity contribution is 9.10. The Bertz CT molecular complexity index is 591. The molecule has 0 amide bonds. The summed E-state index contributed by atoms with van der Waals surface area (Å²) in [6.45, 7) is 7.31. The highest BCUT2D eigenvalue weighted by Gasteiger charge is 2.19. The van der Waals surface area contributed by atoms with Gasteiger partial charge in [0.1, 0.15) is 16.2 Å². The molecule has 0 fully saturated rings. The van der Waals surface area contributed by atoms with Gasteiger partial charge in [-0.15, -0.1) is 0 Å². The van der Waals surface area contributed by atoms with Crippen molar-refractivity contribution in [2.75, 3.05) is 18.5 Å². The summed E-state index contributed by atoms with van der Waals surface area (Å²) in [5, 5.41) is 0. The Morgan fingerprint density at radius 3 is 2.38 bits per heavy atom. The van der Waals surface area contributed by atoms with Crippen molar-refractivity contribution < 1.29 is 0 Å². The number of hydrogen-bond donors (Lipinski definition) is 0. The van der Waals surface area contributed by atoms with Crippen molar-refractivity contribution in [3.63, 3.8) is 0 Å². The fraction of sp³-hybridized carbons (Fsp3) is 0.412. The van der Waals surface area contributed by atoms with Gasteiger partial charge in [-0.3, -0.25) is 0 Å². The van der Waals surface area contributed by atoms with Gasteiger partial charge in [0, 0.05) is 25.1 Å². The summed E-state index contributed by atoms with van der Waals surface area (Å²) in [7, 11) is 2.07. The molecule has 4 heteroatoms. The predicted molar refractivity (Wildman–Crippen MR) is 91.8 cm³/mol. The minimum Gasteiger partial charge on any atom is -0.359 e. The maximum Gasteiger partial charge on any atom is 0.137 e. The normalized spacial score (nSPS) is 11.5. The van der Waals surface area contributed by atoms with Gasteiger partial charge in [-0.2, -0.15) is 0 Å². The van der Waals surface area contributed by atoms with E-state index in [1.54, 1.807) is 0 Å². The predicted octanol–water partition coefficient (Wildman–Crippen LogP) is 4.22. The third-order valence-electron chi connectivity index (χ3n) is 3.32. The second-order valence-corrected chi connectivity index (χ2v) is 7.09.